The van der Waals surface area contributed by atoms with Gasteiger partial charge in [0.25, 0.3) is 0 Å². The van der Waals surface area contributed by atoms with Crippen LogP contribution in [0.4, 0.5) is 5.69 Å². The monoisotopic (exact) mass is 423 g/mol. The summed E-state index contributed by atoms with van der Waals surface area (Å²) in [6, 6.07) is 16.6. The van der Waals surface area contributed by atoms with Crippen LogP contribution in [0.25, 0.3) is 0 Å². The van der Waals surface area contributed by atoms with E-state index in [2.05, 4.69) is 60.5 Å². The normalized spacial score (nSPS) is 14.8. The summed E-state index contributed by atoms with van der Waals surface area (Å²) in [6.45, 7) is 5.15. The van der Waals surface area contributed by atoms with E-state index < -0.39 is 0 Å². The molecule has 1 aromatic heterocycles. The number of hydrogen-bond donors (Lipinski definition) is 1. The van der Waals surface area contributed by atoms with Crippen LogP contribution in [-0.4, -0.2) is 58.9 Å². The molecule has 2 heterocycles. The number of rotatable bonds is 5. The van der Waals surface area contributed by atoms with E-state index in [-0.39, 0.29) is 0 Å². The summed E-state index contributed by atoms with van der Waals surface area (Å²) in [5.74, 6) is 0.933. The maximum Gasteiger partial charge on any atom is 0.194 e. The molecule has 1 aliphatic rings. The number of piperazine rings is 1. The number of halogens is 1. The van der Waals surface area contributed by atoms with Crippen LogP contribution in [0.3, 0.4) is 0 Å². The second-order valence-corrected chi connectivity index (χ2v) is 7.70. The zero-order valence-electron chi connectivity index (χ0n) is 17.1. The Hall–Kier alpha value is -3.06. The molecule has 7 nitrogen and oxygen atoms in total. The summed E-state index contributed by atoms with van der Waals surface area (Å²) in [4.78, 5) is 13.2. The van der Waals surface area contributed by atoms with Gasteiger partial charge in [0.05, 0.1) is 6.54 Å². The molecule has 2 aromatic carbocycles. The molecule has 1 saturated heterocycles. The number of nitrogens with one attached hydrogen (secondary N) is 1. The SMILES string of the molecule is CN=C(NCc1cccc(Cn2cncn2)c1)N1CCN(c2cccc(Cl)c2)CC1. The molecule has 1 N–H and O–H groups in total. The van der Waals surface area contributed by atoms with Gasteiger partial charge in [0.1, 0.15) is 12.7 Å². The minimum absolute atomic E-state index is 0.716. The molecule has 0 radical (unpaired) electrons. The minimum atomic E-state index is 0.716. The van der Waals surface area contributed by atoms with E-state index in [9.17, 15) is 0 Å². The topological polar surface area (TPSA) is 61.6 Å². The van der Waals surface area contributed by atoms with E-state index in [1.165, 1.54) is 16.8 Å². The summed E-state index contributed by atoms with van der Waals surface area (Å²) in [7, 11) is 1.84. The zero-order chi connectivity index (χ0) is 20.8. The lowest BCUT2D eigenvalue weighted by Crippen LogP contribution is -2.52. The predicted molar refractivity (Wildman–Crippen MR) is 121 cm³/mol. The van der Waals surface area contributed by atoms with Crippen LogP contribution in [0.2, 0.25) is 5.02 Å². The van der Waals surface area contributed by atoms with Gasteiger partial charge in [0.2, 0.25) is 0 Å². The molecule has 0 spiro atoms. The quantitative estimate of drug-likeness (QED) is 0.505. The maximum absolute atomic E-state index is 6.14. The lowest BCUT2D eigenvalue weighted by atomic mass is 10.1. The fourth-order valence-electron chi connectivity index (χ4n) is 3.70. The Labute approximate surface area is 182 Å². The van der Waals surface area contributed by atoms with Crippen LogP contribution in [-0.2, 0) is 13.1 Å². The van der Waals surface area contributed by atoms with Crippen LogP contribution in [0.15, 0.2) is 66.2 Å². The Morgan fingerprint density at radius 3 is 2.60 bits per heavy atom. The van der Waals surface area contributed by atoms with Gasteiger partial charge >= 0.3 is 0 Å². The Bertz CT molecular complexity index is 979. The summed E-state index contributed by atoms with van der Waals surface area (Å²) >= 11 is 6.14. The van der Waals surface area contributed by atoms with Crippen molar-refractivity contribution in [1.82, 2.24) is 25.0 Å². The second kappa shape index (κ2) is 9.63. The summed E-state index contributed by atoms with van der Waals surface area (Å²) in [5, 5.41) is 8.46. The molecule has 8 heteroatoms. The van der Waals surface area contributed by atoms with Crippen molar-refractivity contribution in [2.24, 2.45) is 4.99 Å². The van der Waals surface area contributed by atoms with E-state index >= 15 is 0 Å². The van der Waals surface area contributed by atoms with Crippen molar-refractivity contribution >= 4 is 23.2 Å². The molecule has 0 amide bonds. The van der Waals surface area contributed by atoms with Gasteiger partial charge in [-0.25, -0.2) is 9.67 Å². The van der Waals surface area contributed by atoms with Gasteiger partial charge in [-0.3, -0.25) is 4.99 Å². The second-order valence-electron chi connectivity index (χ2n) is 7.27. The van der Waals surface area contributed by atoms with Crippen molar-refractivity contribution in [3.8, 4) is 0 Å². The third-order valence-corrected chi connectivity index (χ3v) is 5.45. The number of hydrogen-bond acceptors (Lipinski definition) is 4. The molecule has 1 fully saturated rings. The first kappa shape index (κ1) is 20.2. The molecule has 0 saturated carbocycles. The van der Waals surface area contributed by atoms with E-state index in [0.29, 0.717) is 6.54 Å². The standard InChI is InChI=1S/C22H26ClN7/c1-24-22(29-10-8-28(9-11-29)21-7-3-6-20(23)13-21)26-14-18-4-2-5-19(12-18)15-30-17-25-16-27-30/h2-7,12-13,16-17H,8-11,14-15H2,1H3,(H,24,26). The Morgan fingerprint density at radius 1 is 1.07 bits per heavy atom. The molecule has 3 aromatic rings. The van der Waals surface area contributed by atoms with Gasteiger partial charge < -0.3 is 15.1 Å². The van der Waals surface area contributed by atoms with Crippen LogP contribution in [0, 0.1) is 0 Å². The zero-order valence-corrected chi connectivity index (χ0v) is 17.8. The van der Waals surface area contributed by atoms with Crippen molar-refractivity contribution < 1.29 is 0 Å². The summed E-state index contributed by atoms with van der Waals surface area (Å²) in [5.41, 5.74) is 3.59. The van der Waals surface area contributed by atoms with Crippen LogP contribution < -0.4 is 10.2 Å². The highest BCUT2D eigenvalue weighted by Crippen LogP contribution is 2.20. The number of benzene rings is 2. The highest BCUT2D eigenvalue weighted by atomic mass is 35.5. The number of guanidine groups is 1. The smallest absolute Gasteiger partial charge is 0.194 e. The Morgan fingerprint density at radius 2 is 1.87 bits per heavy atom. The third kappa shape index (κ3) is 5.10. The van der Waals surface area contributed by atoms with Gasteiger partial charge in [-0.1, -0.05) is 41.9 Å². The Balaban J connectivity index is 1.31. The third-order valence-electron chi connectivity index (χ3n) is 5.22. The van der Waals surface area contributed by atoms with E-state index in [1.54, 1.807) is 12.7 Å². The summed E-state index contributed by atoms with van der Waals surface area (Å²) < 4.78 is 1.82. The van der Waals surface area contributed by atoms with Crippen molar-refractivity contribution in [3.05, 3.63) is 77.3 Å². The van der Waals surface area contributed by atoms with E-state index in [4.69, 9.17) is 11.6 Å². The first-order chi connectivity index (χ1) is 14.7. The molecule has 0 bridgehead atoms. The van der Waals surface area contributed by atoms with Gasteiger partial charge in [0.15, 0.2) is 5.96 Å². The first-order valence-corrected chi connectivity index (χ1v) is 10.5. The number of anilines is 1. The molecule has 0 unspecified atom stereocenters. The van der Waals surface area contributed by atoms with Crippen molar-refractivity contribution in [2.75, 3.05) is 38.1 Å². The van der Waals surface area contributed by atoms with Crippen molar-refractivity contribution in [1.29, 1.82) is 0 Å². The lowest BCUT2D eigenvalue weighted by Gasteiger charge is -2.37. The largest absolute Gasteiger partial charge is 0.368 e. The van der Waals surface area contributed by atoms with E-state index in [1.807, 2.05) is 29.9 Å². The van der Waals surface area contributed by atoms with Crippen LogP contribution in [0.5, 0.6) is 0 Å². The molecule has 156 valence electrons. The van der Waals surface area contributed by atoms with Crippen molar-refractivity contribution in [3.63, 3.8) is 0 Å². The first-order valence-electron chi connectivity index (χ1n) is 10.1. The number of aromatic nitrogens is 3. The fourth-order valence-corrected chi connectivity index (χ4v) is 3.89. The summed E-state index contributed by atoms with van der Waals surface area (Å²) in [6.07, 6.45) is 3.29. The van der Waals surface area contributed by atoms with Gasteiger partial charge in [0, 0.05) is 50.5 Å². The molecule has 1 aliphatic heterocycles. The average molecular weight is 424 g/mol. The predicted octanol–water partition coefficient (Wildman–Crippen LogP) is 2.88. The highest BCUT2D eigenvalue weighted by Gasteiger charge is 2.20. The van der Waals surface area contributed by atoms with Gasteiger partial charge in [-0.15, -0.1) is 0 Å². The van der Waals surface area contributed by atoms with Gasteiger partial charge in [-0.05, 0) is 29.3 Å². The lowest BCUT2D eigenvalue weighted by molar-refractivity contribution is 0.372. The number of aliphatic imine (C=N–C) groups is 1. The molecular formula is C22H26ClN7. The molecule has 0 aliphatic carbocycles. The molecule has 30 heavy (non-hydrogen) atoms. The van der Waals surface area contributed by atoms with Crippen molar-refractivity contribution in [2.45, 2.75) is 13.1 Å². The van der Waals surface area contributed by atoms with E-state index in [0.717, 1.165) is 43.7 Å². The average Bonchev–Trinajstić information content (AvgIpc) is 3.28. The minimum Gasteiger partial charge on any atom is -0.368 e. The van der Waals surface area contributed by atoms with Gasteiger partial charge in [-0.2, -0.15) is 5.10 Å². The Kier molecular flexibility index (Phi) is 6.49. The molecule has 0 atom stereocenters. The van der Waals surface area contributed by atoms with Crippen LogP contribution >= 0.6 is 11.6 Å². The highest BCUT2D eigenvalue weighted by molar-refractivity contribution is 6.30. The number of nitrogens with zero attached hydrogens (tertiary/aromatic N) is 6. The molecular weight excluding hydrogens is 398 g/mol. The fraction of sp³-hybridized carbons (Fsp3) is 0.318. The molecule has 4 rings (SSSR count). The van der Waals surface area contributed by atoms with Crippen LogP contribution in [0.1, 0.15) is 11.1 Å². The maximum atomic E-state index is 6.14.